The fourth-order valence-electron chi connectivity index (χ4n) is 2.94. The minimum Gasteiger partial charge on any atom is -0.481 e. The van der Waals surface area contributed by atoms with E-state index < -0.39 is 24.3 Å². The van der Waals surface area contributed by atoms with Crippen LogP contribution in [0.1, 0.15) is 11.1 Å². The number of hydrogen-bond acceptors (Lipinski definition) is 7. The highest BCUT2D eigenvalue weighted by Crippen LogP contribution is 2.42. The molecule has 11 heteroatoms. The predicted molar refractivity (Wildman–Crippen MR) is 108 cm³/mol. The van der Waals surface area contributed by atoms with Crippen molar-refractivity contribution >= 4 is 45.7 Å². The Morgan fingerprint density at radius 2 is 2.03 bits per heavy atom. The summed E-state index contributed by atoms with van der Waals surface area (Å²) >= 11 is 2.76. The lowest BCUT2D eigenvalue weighted by Crippen LogP contribution is -2.35. The average Bonchev–Trinajstić information content (AvgIpc) is 3.25. The Hall–Kier alpha value is -2.76. The molecular formula is C19H14F3N3O3S2. The lowest BCUT2D eigenvalue weighted by molar-refractivity contribution is -0.137. The van der Waals surface area contributed by atoms with E-state index in [1.54, 1.807) is 24.4 Å². The lowest BCUT2D eigenvalue weighted by Gasteiger charge is -2.31. The van der Waals surface area contributed by atoms with Crippen LogP contribution < -0.4 is 14.4 Å². The van der Waals surface area contributed by atoms with Gasteiger partial charge in [0.15, 0.2) is 11.7 Å². The molecule has 2 aromatic carbocycles. The Kier molecular flexibility index (Phi) is 5.58. The van der Waals surface area contributed by atoms with Gasteiger partial charge in [-0.05, 0) is 48.3 Å². The van der Waals surface area contributed by atoms with E-state index in [9.17, 15) is 23.1 Å². The smallest absolute Gasteiger partial charge is 0.416 e. The van der Waals surface area contributed by atoms with Crippen molar-refractivity contribution in [2.45, 2.75) is 17.7 Å². The summed E-state index contributed by atoms with van der Waals surface area (Å²) in [7, 11) is 0. The maximum absolute atomic E-state index is 13.0. The molecule has 1 aliphatic rings. The summed E-state index contributed by atoms with van der Waals surface area (Å²) in [5.74, 6) is -0.0393. The van der Waals surface area contributed by atoms with Crippen LogP contribution >= 0.6 is 23.3 Å². The third-order valence-electron chi connectivity index (χ3n) is 4.28. The van der Waals surface area contributed by atoms with Gasteiger partial charge in [-0.15, -0.1) is 11.3 Å². The summed E-state index contributed by atoms with van der Waals surface area (Å²) in [6.45, 7) is -0.919. The zero-order chi connectivity index (χ0) is 21.3. The van der Waals surface area contributed by atoms with Gasteiger partial charge in [0.1, 0.15) is 5.75 Å². The van der Waals surface area contributed by atoms with Crippen LogP contribution in [0, 0.1) is 0 Å². The summed E-state index contributed by atoms with van der Waals surface area (Å²) in [5.41, 5.74) is -0.327. The Morgan fingerprint density at radius 3 is 2.73 bits per heavy atom. The first-order valence-electron chi connectivity index (χ1n) is 8.60. The molecule has 1 aromatic heterocycles. The van der Waals surface area contributed by atoms with Crippen molar-refractivity contribution in [3.05, 3.63) is 59.1 Å². The maximum atomic E-state index is 13.0. The minimum atomic E-state index is -4.55. The van der Waals surface area contributed by atoms with E-state index in [0.29, 0.717) is 11.4 Å². The van der Waals surface area contributed by atoms with Crippen LogP contribution in [-0.4, -0.2) is 22.6 Å². The van der Waals surface area contributed by atoms with Crippen LogP contribution in [0.5, 0.6) is 5.75 Å². The van der Waals surface area contributed by atoms with E-state index in [4.69, 9.17) is 4.74 Å². The van der Waals surface area contributed by atoms with Crippen LogP contribution in [0.3, 0.4) is 0 Å². The van der Waals surface area contributed by atoms with Crippen LogP contribution in [0.2, 0.25) is 0 Å². The Balaban J connectivity index is 1.66. The van der Waals surface area contributed by atoms with Crippen LogP contribution in [0.25, 0.3) is 0 Å². The molecule has 1 aliphatic heterocycles. The van der Waals surface area contributed by atoms with E-state index in [-0.39, 0.29) is 17.9 Å². The standard InChI is InChI=1S/C19H14F3N3O3S2/c20-19(21,22)12-1-3-14(11(7-12)9-26)25-15-4-2-13(8-16(15)28-10-17(25)27)30-24-18-23-5-6-29-18/h1-8,26H,9-10H2,(H,23,24). The SMILES string of the molecule is O=C1COc2cc(SNc3nccs3)ccc2N1c1ccc(C(F)(F)F)cc1CO. The molecule has 1 amide bonds. The highest BCUT2D eigenvalue weighted by atomic mass is 32.2. The number of nitrogens with zero attached hydrogens (tertiary/aromatic N) is 2. The molecule has 0 bridgehead atoms. The highest BCUT2D eigenvalue weighted by Gasteiger charge is 2.33. The fourth-order valence-corrected chi connectivity index (χ4v) is 4.19. The first kappa shape index (κ1) is 20.5. The second kappa shape index (κ2) is 8.17. The molecule has 0 unspecified atom stereocenters. The molecule has 0 aliphatic carbocycles. The summed E-state index contributed by atoms with van der Waals surface area (Å²) < 4.78 is 47.7. The van der Waals surface area contributed by atoms with Crippen molar-refractivity contribution in [3.8, 4) is 5.75 Å². The molecule has 0 radical (unpaired) electrons. The number of hydrogen-bond donors (Lipinski definition) is 2. The van der Waals surface area contributed by atoms with Crippen molar-refractivity contribution in [2.75, 3.05) is 16.2 Å². The van der Waals surface area contributed by atoms with Crippen molar-refractivity contribution in [1.29, 1.82) is 0 Å². The number of fused-ring (bicyclic) bond motifs is 1. The molecule has 30 heavy (non-hydrogen) atoms. The van der Waals surface area contributed by atoms with Crippen LogP contribution in [-0.2, 0) is 17.6 Å². The number of nitrogens with one attached hydrogen (secondary N) is 1. The van der Waals surface area contributed by atoms with E-state index in [0.717, 1.165) is 22.2 Å². The zero-order valence-electron chi connectivity index (χ0n) is 15.1. The van der Waals surface area contributed by atoms with Gasteiger partial charge in [0, 0.05) is 22.0 Å². The number of benzene rings is 2. The number of anilines is 3. The molecule has 3 aromatic rings. The Bertz CT molecular complexity index is 1070. The maximum Gasteiger partial charge on any atom is 0.416 e. The molecule has 2 heterocycles. The molecule has 0 spiro atoms. The molecule has 0 fully saturated rings. The second-order valence-corrected chi connectivity index (χ2v) is 7.96. The quantitative estimate of drug-likeness (QED) is 0.539. The molecule has 2 N–H and O–H groups in total. The number of halogens is 3. The number of ether oxygens (including phenoxy) is 1. The van der Waals surface area contributed by atoms with Gasteiger partial charge in [-0.25, -0.2) is 4.98 Å². The number of amides is 1. The second-order valence-electron chi connectivity index (χ2n) is 6.19. The number of aromatic nitrogens is 1. The Morgan fingerprint density at radius 1 is 1.23 bits per heavy atom. The van der Waals surface area contributed by atoms with E-state index in [1.807, 2.05) is 5.38 Å². The van der Waals surface area contributed by atoms with Gasteiger partial charge in [-0.3, -0.25) is 9.69 Å². The lowest BCUT2D eigenvalue weighted by atomic mass is 10.1. The molecule has 4 rings (SSSR count). The predicted octanol–water partition coefficient (Wildman–Crippen LogP) is 4.83. The molecule has 0 saturated carbocycles. The summed E-state index contributed by atoms with van der Waals surface area (Å²) in [4.78, 5) is 18.7. The number of rotatable bonds is 5. The van der Waals surface area contributed by atoms with Crippen LogP contribution in [0.15, 0.2) is 52.9 Å². The van der Waals surface area contributed by atoms with Gasteiger partial charge in [-0.2, -0.15) is 13.2 Å². The third kappa shape index (κ3) is 4.09. The van der Waals surface area contributed by atoms with Gasteiger partial charge >= 0.3 is 6.18 Å². The monoisotopic (exact) mass is 453 g/mol. The summed E-state index contributed by atoms with van der Waals surface area (Å²) in [6.07, 6.45) is -2.87. The number of aliphatic hydroxyl groups excluding tert-OH is 1. The number of thiazole rings is 1. The molecule has 156 valence electrons. The third-order valence-corrected chi connectivity index (χ3v) is 5.88. The number of carbonyl (C=O) groups is 1. The van der Waals surface area contributed by atoms with Crippen molar-refractivity contribution in [3.63, 3.8) is 0 Å². The number of aliphatic hydroxyl groups is 1. The summed E-state index contributed by atoms with van der Waals surface area (Å²) in [5, 5.41) is 12.2. The van der Waals surface area contributed by atoms with Gasteiger partial charge < -0.3 is 14.6 Å². The van der Waals surface area contributed by atoms with Gasteiger partial charge in [0.25, 0.3) is 5.91 Å². The van der Waals surface area contributed by atoms with Crippen molar-refractivity contribution in [2.24, 2.45) is 0 Å². The number of carbonyl (C=O) groups excluding carboxylic acids is 1. The first-order chi connectivity index (χ1) is 14.4. The zero-order valence-corrected chi connectivity index (χ0v) is 16.8. The van der Waals surface area contributed by atoms with Gasteiger partial charge in [-0.1, -0.05) is 0 Å². The van der Waals surface area contributed by atoms with Crippen molar-refractivity contribution < 1.29 is 27.8 Å². The van der Waals surface area contributed by atoms with Gasteiger partial charge in [0.2, 0.25) is 0 Å². The fraction of sp³-hybridized carbons (Fsp3) is 0.158. The molecular weight excluding hydrogens is 439 g/mol. The van der Waals surface area contributed by atoms with E-state index in [2.05, 4.69) is 9.71 Å². The average molecular weight is 453 g/mol. The van der Waals surface area contributed by atoms with Gasteiger partial charge in [0.05, 0.1) is 23.5 Å². The largest absolute Gasteiger partial charge is 0.481 e. The molecule has 0 saturated heterocycles. The van der Waals surface area contributed by atoms with E-state index >= 15 is 0 Å². The first-order valence-corrected chi connectivity index (χ1v) is 10.3. The van der Waals surface area contributed by atoms with Crippen LogP contribution in [0.4, 0.5) is 29.7 Å². The molecule has 6 nitrogen and oxygen atoms in total. The highest BCUT2D eigenvalue weighted by molar-refractivity contribution is 8.00. The topological polar surface area (TPSA) is 74.7 Å². The molecule has 0 atom stereocenters. The summed E-state index contributed by atoms with van der Waals surface area (Å²) in [6, 6.07) is 8.05. The van der Waals surface area contributed by atoms with E-state index in [1.165, 1.54) is 34.3 Å². The number of alkyl halides is 3. The van der Waals surface area contributed by atoms with Crippen molar-refractivity contribution in [1.82, 2.24) is 4.98 Å². The Labute approximate surface area is 177 Å². The minimum absolute atomic E-state index is 0.00471. The normalized spacial score (nSPS) is 13.7.